The summed E-state index contributed by atoms with van der Waals surface area (Å²) in [6, 6.07) is 5.54. The van der Waals surface area contributed by atoms with Crippen LogP contribution < -0.4 is 5.32 Å². The molecule has 8 heteroatoms. The fourth-order valence-electron chi connectivity index (χ4n) is 3.02. The van der Waals surface area contributed by atoms with Gasteiger partial charge in [-0.3, -0.25) is 9.79 Å². The Balaban J connectivity index is 1.58. The van der Waals surface area contributed by atoms with Crippen molar-refractivity contribution in [2.75, 3.05) is 29.6 Å². The fraction of sp³-hybridized carbons (Fsp3) is 0.500. The number of carbonyl (C=O) groups is 1. The Morgan fingerprint density at radius 1 is 1.38 bits per heavy atom. The topological polar surface area (TPSA) is 78.8 Å². The minimum Gasteiger partial charge on any atom is -0.348 e. The Morgan fingerprint density at radius 2 is 2.12 bits per heavy atom. The standard InChI is InChI=1S/C16H21N3O3S2/c1-10-5-4-6-12(11(10)2)17-15(20)7-23-16-18-13-8-24(21,22)9-14(13)19(16)3/h4-6,13-14H,7-9H2,1-3H3,(H,17,20)/t13-,14+/m1/s1. The van der Waals surface area contributed by atoms with Crippen molar-refractivity contribution in [2.45, 2.75) is 25.9 Å². The molecular weight excluding hydrogens is 346 g/mol. The predicted octanol–water partition coefficient (Wildman–Crippen LogP) is 1.44. The maximum atomic E-state index is 12.2. The highest BCUT2D eigenvalue weighted by Gasteiger charge is 2.45. The van der Waals surface area contributed by atoms with Crippen LogP contribution in [0.3, 0.4) is 0 Å². The lowest BCUT2D eigenvalue weighted by atomic mass is 10.1. The van der Waals surface area contributed by atoms with E-state index in [1.807, 2.05) is 44.0 Å². The van der Waals surface area contributed by atoms with Crippen LogP contribution in [0, 0.1) is 13.8 Å². The number of benzene rings is 1. The molecule has 0 aliphatic carbocycles. The zero-order valence-corrected chi connectivity index (χ0v) is 15.6. The number of amides is 1. The quantitative estimate of drug-likeness (QED) is 0.875. The molecule has 0 bridgehead atoms. The average molecular weight is 367 g/mol. The SMILES string of the molecule is Cc1cccc(NC(=O)CSC2=N[C@@H]3CS(=O)(=O)C[C@@H]3N2C)c1C. The van der Waals surface area contributed by atoms with E-state index in [0.29, 0.717) is 0 Å². The molecule has 0 spiro atoms. The normalized spacial score (nSPS) is 24.6. The van der Waals surface area contributed by atoms with Crippen molar-refractivity contribution >= 4 is 38.4 Å². The molecule has 0 unspecified atom stereocenters. The van der Waals surface area contributed by atoms with Gasteiger partial charge in [0.25, 0.3) is 0 Å². The molecule has 0 saturated carbocycles. The number of aliphatic imine (C=N–C) groups is 1. The first-order chi connectivity index (χ1) is 11.3. The zero-order chi connectivity index (χ0) is 17.5. The number of nitrogens with one attached hydrogen (secondary N) is 1. The number of hydrogen-bond acceptors (Lipinski definition) is 6. The zero-order valence-electron chi connectivity index (χ0n) is 13.9. The molecule has 0 aromatic heterocycles. The maximum Gasteiger partial charge on any atom is 0.234 e. The van der Waals surface area contributed by atoms with E-state index in [2.05, 4.69) is 10.3 Å². The number of aryl methyl sites for hydroxylation is 1. The molecule has 1 amide bonds. The third-order valence-electron chi connectivity index (χ3n) is 4.58. The highest BCUT2D eigenvalue weighted by molar-refractivity contribution is 8.14. The Hall–Kier alpha value is -1.54. The molecule has 2 aliphatic heterocycles. The van der Waals surface area contributed by atoms with Crippen molar-refractivity contribution in [3.05, 3.63) is 29.3 Å². The molecule has 0 radical (unpaired) electrons. The van der Waals surface area contributed by atoms with E-state index in [4.69, 9.17) is 0 Å². The minimum absolute atomic E-state index is 0.0837. The van der Waals surface area contributed by atoms with E-state index in [9.17, 15) is 13.2 Å². The lowest BCUT2D eigenvalue weighted by Gasteiger charge is -2.20. The molecule has 2 atom stereocenters. The van der Waals surface area contributed by atoms with E-state index in [1.54, 1.807) is 0 Å². The minimum atomic E-state index is -2.98. The van der Waals surface area contributed by atoms with Gasteiger partial charge in [0.1, 0.15) is 0 Å². The lowest BCUT2D eigenvalue weighted by Crippen LogP contribution is -2.35. The summed E-state index contributed by atoms with van der Waals surface area (Å²) in [6.07, 6.45) is 0. The number of carbonyl (C=O) groups excluding carboxylic acids is 1. The number of thioether (sulfide) groups is 1. The number of likely N-dealkylation sites (N-methyl/N-ethyl adjacent to an activating group) is 1. The third kappa shape index (κ3) is 3.44. The largest absolute Gasteiger partial charge is 0.348 e. The third-order valence-corrected chi connectivity index (χ3v) is 7.34. The van der Waals surface area contributed by atoms with E-state index < -0.39 is 9.84 Å². The molecule has 1 N–H and O–H groups in total. The molecule has 130 valence electrons. The van der Waals surface area contributed by atoms with Crippen LogP contribution in [0.2, 0.25) is 0 Å². The van der Waals surface area contributed by atoms with Crippen LogP contribution in [0.25, 0.3) is 0 Å². The Labute approximate surface area is 146 Å². The monoisotopic (exact) mass is 367 g/mol. The van der Waals surface area contributed by atoms with Gasteiger partial charge in [-0.05, 0) is 31.0 Å². The first-order valence-corrected chi connectivity index (χ1v) is 10.6. The van der Waals surface area contributed by atoms with Gasteiger partial charge in [-0.25, -0.2) is 8.42 Å². The maximum absolute atomic E-state index is 12.2. The Morgan fingerprint density at radius 3 is 2.83 bits per heavy atom. The van der Waals surface area contributed by atoms with Crippen molar-refractivity contribution in [2.24, 2.45) is 4.99 Å². The van der Waals surface area contributed by atoms with Gasteiger partial charge in [0.2, 0.25) is 5.91 Å². The Kier molecular flexibility index (Phi) is 4.61. The number of nitrogens with zero attached hydrogens (tertiary/aromatic N) is 2. The van der Waals surface area contributed by atoms with Crippen molar-refractivity contribution < 1.29 is 13.2 Å². The molecule has 1 aromatic rings. The number of amidine groups is 1. The highest BCUT2D eigenvalue weighted by Crippen LogP contribution is 2.29. The molecule has 1 fully saturated rings. The first-order valence-electron chi connectivity index (χ1n) is 7.77. The summed E-state index contributed by atoms with van der Waals surface area (Å²) in [5.41, 5.74) is 3.02. The molecule has 2 aliphatic rings. The van der Waals surface area contributed by atoms with Crippen molar-refractivity contribution in [1.29, 1.82) is 0 Å². The second-order valence-corrected chi connectivity index (χ2v) is 9.41. The van der Waals surface area contributed by atoms with Gasteiger partial charge in [0.15, 0.2) is 15.0 Å². The number of fused-ring (bicyclic) bond motifs is 1. The number of hydrogen-bond donors (Lipinski definition) is 1. The van der Waals surface area contributed by atoms with Crippen LogP contribution in [0.1, 0.15) is 11.1 Å². The second-order valence-electron chi connectivity index (χ2n) is 6.32. The van der Waals surface area contributed by atoms with Crippen LogP contribution >= 0.6 is 11.8 Å². The summed E-state index contributed by atoms with van der Waals surface area (Å²) in [5, 5.41) is 3.67. The van der Waals surface area contributed by atoms with Crippen LogP contribution in [0.15, 0.2) is 23.2 Å². The van der Waals surface area contributed by atoms with Gasteiger partial charge in [0, 0.05) is 12.7 Å². The van der Waals surface area contributed by atoms with Gasteiger partial charge in [-0.15, -0.1) is 0 Å². The predicted molar refractivity (Wildman–Crippen MR) is 98.4 cm³/mol. The van der Waals surface area contributed by atoms with Crippen molar-refractivity contribution in [3.8, 4) is 0 Å². The lowest BCUT2D eigenvalue weighted by molar-refractivity contribution is -0.113. The van der Waals surface area contributed by atoms with Crippen LogP contribution in [0.5, 0.6) is 0 Å². The molecule has 6 nitrogen and oxygen atoms in total. The highest BCUT2D eigenvalue weighted by atomic mass is 32.2. The molecule has 1 aromatic carbocycles. The summed E-state index contributed by atoms with van der Waals surface area (Å²) < 4.78 is 23.3. The van der Waals surface area contributed by atoms with Crippen LogP contribution in [-0.4, -0.2) is 60.8 Å². The smallest absolute Gasteiger partial charge is 0.234 e. The Bertz CT molecular complexity index is 805. The van der Waals surface area contributed by atoms with Gasteiger partial charge in [0.05, 0.1) is 29.3 Å². The first kappa shape index (κ1) is 17.3. The van der Waals surface area contributed by atoms with E-state index in [-0.39, 0.29) is 35.2 Å². The number of rotatable bonds is 3. The molecular formula is C16H21N3O3S2. The van der Waals surface area contributed by atoms with Gasteiger partial charge in [-0.2, -0.15) is 0 Å². The van der Waals surface area contributed by atoms with Crippen molar-refractivity contribution in [3.63, 3.8) is 0 Å². The summed E-state index contributed by atoms with van der Waals surface area (Å²) in [7, 11) is -1.13. The van der Waals surface area contributed by atoms with Gasteiger partial charge in [-0.1, -0.05) is 23.9 Å². The van der Waals surface area contributed by atoms with E-state index in [0.717, 1.165) is 22.0 Å². The van der Waals surface area contributed by atoms with Gasteiger partial charge >= 0.3 is 0 Å². The molecule has 1 saturated heterocycles. The van der Waals surface area contributed by atoms with Crippen LogP contribution in [-0.2, 0) is 14.6 Å². The van der Waals surface area contributed by atoms with Gasteiger partial charge < -0.3 is 10.2 Å². The fourth-order valence-corrected chi connectivity index (χ4v) is 5.82. The van der Waals surface area contributed by atoms with Crippen LogP contribution in [0.4, 0.5) is 5.69 Å². The molecule has 2 heterocycles. The number of anilines is 1. The summed E-state index contributed by atoms with van der Waals surface area (Å²) in [6.45, 7) is 3.99. The summed E-state index contributed by atoms with van der Waals surface area (Å²) in [5.74, 6) is 0.425. The molecule has 3 rings (SSSR count). The summed E-state index contributed by atoms with van der Waals surface area (Å²) in [4.78, 5) is 18.6. The van der Waals surface area contributed by atoms with E-state index in [1.165, 1.54) is 11.8 Å². The van der Waals surface area contributed by atoms with Crippen molar-refractivity contribution in [1.82, 2.24) is 4.90 Å². The van der Waals surface area contributed by atoms with E-state index >= 15 is 0 Å². The summed E-state index contributed by atoms with van der Waals surface area (Å²) >= 11 is 1.36. The molecule has 24 heavy (non-hydrogen) atoms. The number of sulfone groups is 1. The second kappa shape index (κ2) is 6.40. The average Bonchev–Trinajstić information content (AvgIpc) is 2.95.